The summed E-state index contributed by atoms with van der Waals surface area (Å²) in [6, 6.07) is 51.6. The van der Waals surface area contributed by atoms with Crippen LogP contribution >= 0.6 is 0 Å². The number of anilines is 5. The van der Waals surface area contributed by atoms with Crippen LogP contribution in [0.2, 0.25) is 0 Å². The van der Waals surface area contributed by atoms with Crippen LogP contribution < -0.4 is 10.2 Å². The molecular weight excluding hydrogens is 576 g/mol. The summed E-state index contributed by atoms with van der Waals surface area (Å²) in [5, 5.41) is 3.60. The van der Waals surface area contributed by atoms with Crippen LogP contribution in [-0.2, 0) is 16.0 Å². The van der Waals surface area contributed by atoms with E-state index in [-0.39, 0.29) is 5.97 Å². The maximum Gasteiger partial charge on any atom is 0.302 e. The zero-order valence-corrected chi connectivity index (χ0v) is 27.2. The SMILES string of the molecule is CC(=O)OCCCc1ccccc1-c1cc(Nc2ccc(C)cc2)ccc1-c1ccc(N(c2ccccc2)c2ccc(C)cc2)cc1. The van der Waals surface area contributed by atoms with Crippen LogP contribution in [0.25, 0.3) is 22.3 Å². The smallest absolute Gasteiger partial charge is 0.302 e. The van der Waals surface area contributed by atoms with Gasteiger partial charge in [0.15, 0.2) is 0 Å². The van der Waals surface area contributed by atoms with Gasteiger partial charge in [-0.2, -0.15) is 0 Å². The van der Waals surface area contributed by atoms with Gasteiger partial charge >= 0.3 is 5.97 Å². The monoisotopic (exact) mass is 616 g/mol. The molecule has 0 atom stereocenters. The molecule has 0 bridgehead atoms. The van der Waals surface area contributed by atoms with Crippen molar-refractivity contribution in [2.24, 2.45) is 0 Å². The van der Waals surface area contributed by atoms with Gasteiger partial charge in [-0.15, -0.1) is 0 Å². The molecule has 6 aromatic carbocycles. The number of nitrogens with one attached hydrogen (secondary N) is 1. The van der Waals surface area contributed by atoms with Crippen molar-refractivity contribution in [1.82, 2.24) is 0 Å². The van der Waals surface area contributed by atoms with E-state index in [4.69, 9.17) is 4.74 Å². The Bertz CT molecular complexity index is 1930. The number of nitrogens with zero attached hydrogens (tertiary/aromatic N) is 1. The fourth-order valence-electron chi connectivity index (χ4n) is 5.89. The minimum absolute atomic E-state index is 0.243. The topological polar surface area (TPSA) is 41.6 Å². The second-order valence-corrected chi connectivity index (χ2v) is 11.9. The average molecular weight is 617 g/mol. The van der Waals surface area contributed by atoms with Gasteiger partial charge < -0.3 is 15.0 Å². The summed E-state index contributed by atoms with van der Waals surface area (Å²) < 4.78 is 5.24. The Hall–Kier alpha value is -5.61. The number of hydrogen-bond acceptors (Lipinski definition) is 4. The maximum atomic E-state index is 11.4. The molecule has 1 N–H and O–H groups in total. The van der Waals surface area contributed by atoms with Crippen molar-refractivity contribution in [2.45, 2.75) is 33.6 Å². The first-order valence-electron chi connectivity index (χ1n) is 16.2. The molecule has 6 rings (SSSR count). The molecule has 4 heteroatoms. The second-order valence-electron chi connectivity index (χ2n) is 11.9. The fraction of sp³-hybridized carbons (Fsp3) is 0.140. The highest BCUT2D eigenvalue weighted by molar-refractivity contribution is 5.89. The van der Waals surface area contributed by atoms with Gasteiger partial charge in [-0.05, 0) is 115 Å². The molecule has 0 saturated heterocycles. The van der Waals surface area contributed by atoms with Crippen LogP contribution in [0.4, 0.5) is 28.4 Å². The van der Waals surface area contributed by atoms with Gasteiger partial charge in [0.1, 0.15) is 0 Å². The Morgan fingerprint density at radius 2 is 1.17 bits per heavy atom. The highest BCUT2D eigenvalue weighted by Crippen LogP contribution is 2.40. The van der Waals surface area contributed by atoms with Crippen molar-refractivity contribution in [3.05, 3.63) is 162 Å². The molecule has 6 aromatic rings. The van der Waals surface area contributed by atoms with Gasteiger partial charge in [-0.3, -0.25) is 4.79 Å². The van der Waals surface area contributed by atoms with Crippen molar-refractivity contribution in [3.8, 4) is 22.3 Å². The summed E-state index contributed by atoms with van der Waals surface area (Å²) in [6.45, 7) is 6.08. The molecular formula is C43H40N2O2. The van der Waals surface area contributed by atoms with Crippen LogP contribution in [0.3, 0.4) is 0 Å². The van der Waals surface area contributed by atoms with Crippen LogP contribution in [0.1, 0.15) is 30.0 Å². The van der Waals surface area contributed by atoms with E-state index >= 15 is 0 Å². The van der Waals surface area contributed by atoms with E-state index in [0.717, 1.165) is 58.0 Å². The third-order valence-corrected chi connectivity index (χ3v) is 8.31. The third-order valence-electron chi connectivity index (χ3n) is 8.31. The molecule has 0 spiro atoms. The summed E-state index contributed by atoms with van der Waals surface area (Å²) in [5.74, 6) is -0.243. The minimum atomic E-state index is -0.243. The lowest BCUT2D eigenvalue weighted by Crippen LogP contribution is -2.09. The van der Waals surface area contributed by atoms with E-state index in [1.165, 1.54) is 29.2 Å². The number of ether oxygens (including phenoxy) is 1. The summed E-state index contributed by atoms with van der Waals surface area (Å²) in [5.41, 5.74) is 13.7. The standard InChI is InChI=1S/C43H40N2O2/c1-31-15-21-36(22-16-31)44-37-23-28-42(43(30-37)41-14-8-7-10-34(41)11-9-29-47-33(3)46)35-19-26-40(27-20-35)45(38-12-5-4-6-13-38)39-24-17-32(2)18-25-39/h4-8,10,12-28,30,44H,9,11,29H2,1-3H3. The first-order chi connectivity index (χ1) is 22.9. The highest BCUT2D eigenvalue weighted by atomic mass is 16.5. The lowest BCUT2D eigenvalue weighted by Gasteiger charge is -2.26. The molecule has 4 nitrogen and oxygen atoms in total. The summed E-state index contributed by atoms with van der Waals surface area (Å²) in [6.07, 6.45) is 1.57. The van der Waals surface area contributed by atoms with Gasteiger partial charge in [0, 0.05) is 35.4 Å². The van der Waals surface area contributed by atoms with E-state index in [1.54, 1.807) is 0 Å². The van der Waals surface area contributed by atoms with Crippen molar-refractivity contribution in [2.75, 3.05) is 16.8 Å². The van der Waals surface area contributed by atoms with E-state index in [9.17, 15) is 4.79 Å². The average Bonchev–Trinajstić information content (AvgIpc) is 3.10. The van der Waals surface area contributed by atoms with Crippen LogP contribution in [0.5, 0.6) is 0 Å². The number of para-hydroxylation sites is 1. The van der Waals surface area contributed by atoms with E-state index in [2.05, 4.69) is 164 Å². The Balaban J connectivity index is 1.39. The van der Waals surface area contributed by atoms with Gasteiger partial charge in [-0.25, -0.2) is 0 Å². The molecule has 234 valence electrons. The van der Waals surface area contributed by atoms with E-state index in [1.807, 2.05) is 6.07 Å². The normalized spacial score (nSPS) is 10.8. The Kier molecular flexibility index (Phi) is 9.78. The number of rotatable bonds is 11. The van der Waals surface area contributed by atoms with Crippen LogP contribution in [0.15, 0.2) is 146 Å². The van der Waals surface area contributed by atoms with Crippen molar-refractivity contribution >= 4 is 34.4 Å². The molecule has 0 aliphatic carbocycles. The molecule has 0 heterocycles. The largest absolute Gasteiger partial charge is 0.466 e. The van der Waals surface area contributed by atoms with E-state index in [0.29, 0.717) is 6.61 Å². The lowest BCUT2D eigenvalue weighted by molar-refractivity contribution is -0.141. The number of aryl methyl sites for hydroxylation is 3. The number of esters is 1. The summed E-state index contributed by atoms with van der Waals surface area (Å²) in [4.78, 5) is 13.6. The Morgan fingerprint density at radius 1 is 0.596 bits per heavy atom. The highest BCUT2D eigenvalue weighted by Gasteiger charge is 2.16. The Labute approximate surface area is 278 Å². The zero-order chi connectivity index (χ0) is 32.6. The molecule has 0 unspecified atom stereocenters. The lowest BCUT2D eigenvalue weighted by atomic mass is 9.90. The molecule has 0 aromatic heterocycles. The summed E-state index contributed by atoms with van der Waals surface area (Å²) >= 11 is 0. The van der Waals surface area contributed by atoms with Gasteiger partial charge in [0.25, 0.3) is 0 Å². The second kappa shape index (κ2) is 14.7. The maximum absolute atomic E-state index is 11.4. The van der Waals surface area contributed by atoms with Gasteiger partial charge in [0.2, 0.25) is 0 Å². The predicted molar refractivity (Wildman–Crippen MR) is 196 cm³/mol. The molecule has 0 saturated carbocycles. The first kappa shape index (κ1) is 31.4. The summed E-state index contributed by atoms with van der Waals surface area (Å²) in [7, 11) is 0. The van der Waals surface area contributed by atoms with Gasteiger partial charge in [0.05, 0.1) is 6.61 Å². The molecule has 0 radical (unpaired) electrons. The molecule has 47 heavy (non-hydrogen) atoms. The zero-order valence-electron chi connectivity index (χ0n) is 27.2. The van der Waals surface area contributed by atoms with Crippen LogP contribution in [-0.4, -0.2) is 12.6 Å². The number of carbonyl (C=O) groups is 1. The quantitative estimate of drug-likeness (QED) is 0.116. The third kappa shape index (κ3) is 7.79. The number of carbonyl (C=O) groups excluding carboxylic acids is 1. The molecule has 0 aliphatic heterocycles. The van der Waals surface area contributed by atoms with E-state index < -0.39 is 0 Å². The van der Waals surface area contributed by atoms with Crippen molar-refractivity contribution in [3.63, 3.8) is 0 Å². The van der Waals surface area contributed by atoms with Crippen molar-refractivity contribution < 1.29 is 9.53 Å². The van der Waals surface area contributed by atoms with Crippen LogP contribution in [0, 0.1) is 13.8 Å². The molecule has 0 amide bonds. The minimum Gasteiger partial charge on any atom is -0.466 e. The fourth-order valence-corrected chi connectivity index (χ4v) is 5.89. The molecule has 0 aliphatic rings. The van der Waals surface area contributed by atoms with Gasteiger partial charge in [-0.1, -0.05) is 96.1 Å². The predicted octanol–water partition coefficient (Wildman–Crippen LogP) is 11.3. The Morgan fingerprint density at radius 3 is 1.85 bits per heavy atom. The number of benzene rings is 6. The number of hydrogen-bond donors (Lipinski definition) is 1. The first-order valence-corrected chi connectivity index (χ1v) is 16.2. The molecule has 0 fully saturated rings. The van der Waals surface area contributed by atoms with Crippen molar-refractivity contribution in [1.29, 1.82) is 0 Å².